The molecule has 0 unspecified atom stereocenters. The van der Waals surface area contributed by atoms with Gasteiger partial charge in [0.15, 0.2) is 5.82 Å². The van der Waals surface area contributed by atoms with Crippen LogP contribution < -0.4 is 4.90 Å². The second-order valence-corrected chi connectivity index (χ2v) is 10.1. The van der Waals surface area contributed by atoms with E-state index in [1.165, 1.54) is 6.07 Å². The summed E-state index contributed by atoms with van der Waals surface area (Å²) in [5, 5.41) is 0. The van der Waals surface area contributed by atoms with E-state index in [1.807, 2.05) is 87.5 Å². The van der Waals surface area contributed by atoms with Crippen LogP contribution in [-0.2, 0) is 0 Å². The molecule has 0 aliphatic rings. The molecule has 5 rings (SSSR count). The van der Waals surface area contributed by atoms with Gasteiger partial charge in [0, 0.05) is 11.1 Å². The number of anilines is 2. The first-order chi connectivity index (χ1) is 17.8. The summed E-state index contributed by atoms with van der Waals surface area (Å²) in [4.78, 5) is 1.74. The first-order valence-electron chi connectivity index (χ1n) is 12.4. The monoisotopic (exact) mass is 489 g/mol. The van der Waals surface area contributed by atoms with Crippen molar-refractivity contribution in [3.63, 3.8) is 0 Å². The average molecular weight is 490 g/mol. The SMILES string of the molecule is CC(C)(C)N(c1ccccc1F)c1ccc(-c2cccc(-c3ccccc3)c2)c(-c2ccccc2)c1F. The van der Waals surface area contributed by atoms with E-state index in [2.05, 4.69) is 24.3 Å². The molecule has 5 aromatic carbocycles. The lowest BCUT2D eigenvalue weighted by Gasteiger charge is -2.38. The number of halogens is 2. The highest BCUT2D eigenvalue weighted by molar-refractivity contribution is 5.89. The van der Waals surface area contributed by atoms with E-state index in [9.17, 15) is 4.39 Å². The van der Waals surface area contributed by atoms with Gasteiger partial charge in [-0.15, -0.1) is 0 Å². The van der Waals surface area contributed by atoms with E-state index in [4.69, 9.17) is 0 Å². The molecule has 0 radical (unpaired) electrons. The minimum absolute atomic E-state index is 0.333. The fourth-order valence-corrected chi connectivity index (χ4v) is 4.85. The van der Waals surface area contributed by atoms with Crippen molar-refractivity contribution in [3.8, 4) is 33.4 Å². The number of rotatable bonds is 5. The van der Waals surface area contributed by atoms with Crippen molar-refractivity contribution >= 4 is 11.4 Å². The molecule has 0 amide bonds. The maximum Gasteiger partial charge on any atom is 0.155 e. The van der Waals surface area contributed by atoms with E-state index < -0.39 is 11.4 Å². The van der Waals surface area contributed by atoms with Gasteiger partial charge >= 0.3 is 0 Å². The van der Waals surface area contributed by atoms with Crippen molar-refractivity contribution in [2.45, 2.75) is 26.3 Å². The van der Waals surface area contributed by atoms with Crippen LogP contribution in [0, 0.1) is 11.6 Å². The standard InChI is InChI=1S/C34H29F2N/c1-34(2,3)37(30-20-11-10-19-29(30)35)31-22-21-28(32(33(31)36)25-15-8-5-9-16-25)27-18-12-17-26(23-27)24-13-6-4-7-14-24/h4-23H,1-3H3. The van der Waals surface area contributed by atoms with Gasteiger partial charge in [0.25, 0.3) is 0 Å². The van der Waals surface area contributed by atoms with Gasteiger partial charge in [-0.1, -0.05) is 97.1 Å². The van der Waals surface area contributed by atoms with Crippen molar-refractivity contribution in [3.05, 3.63) is 133 Å². The van der Waals surface area contributed by atoms with Crippen molar-refractivity contribution < 1.29 is 8.78 Å². The summed E-state index contributed by atoms with van der Waals surface area (Å²) in [5.41, 5.74) is 5.22. The molecule has 37 heavy (non-hydrogen) atoms. The van der Waals surface area contributed by atoms with Crippen molar-refractivity contribution in [1.82, 2.24) is 0 Å². The lowest BCUT2D eigenvalue weighted by Crippen LogP contribution is -2.38. The summed E-state index contributed by atoms with van der Waals surface area (Å²) in [5.74, 6) is -0.773. The third kappa shape index (κ3) is 4.90. The number of hydrogen-bond acceptors (Lipinski definition) is 1. The molecule has 0 fully saturated rings. The highest BCUT2D eigenvalue weighted by Crippen LogP contribution is 2.43. The van der Waals surface area contributed by atoms with Crippen LogP contribution in [0.4, 0.5) is 20.2 Å². The van der Waals surface area contributed by atoms with Gasteiger partial charge in [-0.3, -0.25) is 0 Å². The Morgan fingerprint density at radius 3 is 1.73 bits per heavy atom. The fourth-order valence-electron chi connectivity index (χ4n) is 4.85. The summed E-state index contributed by atoms with van der Waals surface area (Å²) in [7, 11) is 0. The Morgan fingerprint density at radius 1 is 0.514 bits per heavy atom. The Hall–Kier alpha value is -4.24. The number of hydrogen-bond donors (Lipinski definition) is 0. The average Bonchev–Trinajstić information content (AvgIpc) is 2.91. The zero-order valence-corrected chi connectivity index (χ0v) is 21.3. The van der Waals surface area contributed by atoms with Crippen LogP contribution in [0.15, 0.2) is 121 Å². The van der Waals surface area contributed by atoms with Gasteiger partial charge in [-0.25, -0.2) is 8.78 Å². The highest BCUT2D eigenvalue weighted by atomic mass is 19.1. The van der Waals surface area contributed by atoms with Gasteiger partial charge < -0.3 is 4.90 Å². The lowest BCUT2D eigenvalue weighted by atomic mass is 9.90. The van der Waals surface area contributed by atoms with Gasteiger partial charge in [0.1, 0.15) is 5.82 Å². The summed E-state index contributed by atoms with van der Waals surface area (Å²) in [6.45, 7) is 5.87. The molecule has 1 nitrogen and oxygen atoms in total. The number of benzene rings is 5. The molecule has 5 aromatic rings. The zero-order chi connectivity index (χ0) is 26.0. The van der Waals surface area contributed by atoms with Crippen LogP contribution in [0.1, 0.15) is 20.8 Å². The van der Waals surface area contributed by atoms with Crippen LogP contribution in [0.5, 0.6) is 0 Å². The molecule has 0 bridgehead atoms. The van der Waals surface area contributed by atoms with Crippen molar-refractivity contribution in [2.75, 3.05) is 4.90 Å². The molecule has 0 atom stereocenters. The summed E-state index contributed by atoms with van der Waals surface area (Å²) in [6.07, 6.45) is 0. The van der Waals surface area contributed by atoms with Crippen LogP contribution in [0.3, 0.4) is 0 Å². The van der Waals surface area contributed by atoms with Gasteiger partial charge in [-0.2, -0.15) is 0 Å². The molecule has 184 valence electrons. The maximum absolute atomic E-state index is 16.8. The Kier molecular flexibility index (Phi) is 6.62. The van der Waals surface area contributed by atoms with Crippen LogP contribution in [0.2, 0.25) is 0 Å². The van der Waals surface area contributed by atoms with E-state index in [0.717, 1.165) is 27.8 Å². The van der Waals surface area contributed by atoms with E-state index in [-0.39, 0.29) is 5.82 Å². The third-order valence-corrected chi connectivity index (χ3v) is 6.47. The smallest absolute Gasteiger partial charge is 0.155 e. The van der Waals surface area contributed by atoms with Crippen LogP contribution >= 0.6 is 0 Å². The molecular formula is C34H29F2N. The molecular weight excluding hydrogens is 460 g/mol. The van der Waals surface area contributed by atoms with Crippen LogP contribution in [0.25, 0.3) is 33.4 Å². The van der Waals surface area contributed by atoms with Crippen molar-refractivity contribution in [1.29, 1.82) is 0 Å². The number of nitrogens with zero attached hydrogens (tertiary/aromatic N) is 1. The quantitative estimate of drug-likeness (QED) is 0.237. The first kappa shape index (κ1) is 24.5. The highest BCUT2D eigenvalue weighted by Gasteiger charge is 2.30. The molecule has 0 spiro atoms. The largest absolute Gasteiger partial charge is 0.331 e. The topological polar surface area (TPSA) is 3.24 Å². The summed E-state index contributed by atoms with van der Waals surface area (Å²) >= 11 is 0. The van der Waals surface area contributed by atoms with Gasteiger partial charge in [-0.05, 0) is 72.9 Å². The third-order valence-electron chi connectivity index (χ3n) is 6.47. The summed E-state index contributed by atoms with van der Waals surface area (Å²) in [6, 6.07) is 38.1. The Bertz CT molecular complexity index is 1520. The predicted octanol–water partition coefficient (Wildman–Crippen LogP) is 9.90. The second kappa shape index (κ2) is 10.0. The minimum Gasteiger partial charge on any atom is -0.331 e. The zero-order valence-electron chi connectivity index (χ0n) is 21.3. The molecule has 0 aliphatic heterocycles. The first-order valence-corrected chi connectivity index (χ1v) is 12.4. The predicted molar refractivity (Wildman–Crippen MR) is 151 cm³/mol. The molecule has 0 N–H and O–H groups in total. The molecule has 0 saturated heterocycles. The molecule has 0 saturated carbocycles. The van der Waals surface area contributed by atoms with E-state index in [0.29, 0.717) is 16.9 Å². The van der Waals surface area contributed by atoms with Gasteiger partial charge in [0.05, 0.1) is 11.4 Å². The van der Waals surface area contributed by atoms with E-state index >= 15 is 4.39 Å². The second-order valence-electron chi connectivity index (χ2n) is 10.1. The normalized spacial score (nSPS) is 11.4. The van der Waals surface area contributed by atoms with Crippen molar-refractivity contribution in [2.24, 2.45) is 0 Å². The Morgan fingerprint density at radius 2 is 1.08 bits per heavy atom. The Labute approximate surface area is 217 Å². The molecule has 0 aliphatic carbocycles. The van der Waals surface area contributed by atoms with E-state index in [1.54, 1.807) is 29.2 Å². The molecule has 3 heteroatoms. The molecule has 0 aromatic heterocycles. The lowest BCUT2D eigenvalue weighted by molar-refractivity contribution is 0.527. The fraction of sp³-hybridized carbons (Fsp3) is 0.118. The molecule has 0 heterocycles. The number of para-hydroxylation sites is 1. The maximum atomic E-state index is 16.8. The summed E-state index contributed by atoms with van der Waals surface area (Å²) < 4.78 is 31.8. The van der Waals surface area contributed by atoms with Gasteiger partial charge in [0.2, 0.25) is 0 Å². The minimum atomic E-state index is -0.578. The Balaban J connectivity index is 1.75. The van der Waals surface area contributed by atoms with Crippen LogP contribution in [-0.4, -0.2) is 5.54 Å².